The average Bonchev–Trinajstić information content (AvgIpc) is 3.65. The van der Waals surface area contributed by atoms with Gasteiger partial charge >= 0.3 is 0 Å². The molecule has 0 aliphatic carbocycles. The fraction of sp³-hybridized carbons (Fsp3) is 0.525. The second-order valence-corrected chi connectivity index (χ2v) is 14.6. The molecule has 8 N–H and O–H groups in total. The summed E-state index contributed by atoms with van der Waals surface area (Å²) in [7, 11) is 1.47. The van der Waals surface area contributed by atoms with Crippen molar-refractivity contribution in [3.8, 4) is 0 Å². The quantitative estimate of drug-likeness (QED) is 0.111. The van der Waals surface area contributed by atoms with Crippen LogP contribution in [0.3, 0.4) is 0 Å². The maximum absolute atomic E-state index is 14.1. The van der Waals surface area contributed by atoms with Gasteiger partial charge in [0.25, 0.3) is 5.91 Å². The van der Waals surface area contributed by atoms with Crippen LogP contribution in [-0.2, 0) is 46.4 Å². The number of nitrogens with two attached hydrogens (primary N) is 2. The Kier molecular flexibility index (Phi) is 16.8. The minimum Gasteiger partial charge on any atom is -0.381 e. The van der Waals surface area contributed by atoms with Crippen molar-refractivity contribution in [3.05, 3.63) is 71.8 Å². The van der Waals surface area contributed by atoms with E-state index in [0.717, 1.165) is 5.56 Å². The molecule has 2 aromatic carbocycles. The lowest BCUT2D eigenvalue weighted by Gasteiger charge is -2.37. The highest BCUT2D eigenvalue weighted by molar-refractivity contribution is 5.96. The van der Waals surface area contributed by atoms with Crippen LogP contribution in [0.1, 0.15) is 70.9 Å². The summed E-state index contributed by atoms with van der Waals surface area (Å²) in [5.41, 5.74) is 12.6. The largest absolute Gasteiger partial charge is 0.381 e. The zero-order valence-corrected chi connectivity index (χ0v) is 32.4. The minimum atomic E-state index is -1.85. The van der Waals surface area contributed by atoms with Gasteiger partial charge in [0.1, 0.15) is 24.2 Å². The smallest absolute Gasteiger partial charge is 0.254 e. The Hall–Kier alpha value is -5.31. The van der Waals surface area contributed by atoms with Gasteiger partial charge in [-0.25, -0.2) is 0 Å². The van der Waals surface area contributed by atoms with Gasteiger partial charge in [-0.1, -0.05) is 94.8 Å². The Bertz CT molecular complexity index is 1640. The predicted octanol–water partition coefficient (Wildman–Crippen LogP) is 0.558. The van der Waals surface area contributed by atoms with Gasteiger partial charge in [0.05, 0.1) is 12.5 Å². The van der Waals surface area contributed by atoms with Crippen molar-refractivity contribution in [2.24, 2.45) is 23.3 Å². The standard InChI is InChI=1S/C40H57N7O8/c1-6-25(4)34(38(53)45-33(24(2)3)36(42)51)46(5)39(54)30-18-13-21-47(30)40(55)35(50)28(22-27-16-11-8-12-17-27)44-37(52)29(23-31(41)48)43-32(49)20-19-26-14-9-7-10-15-26/h7-12,14-17,24-25,28-30,33-35,50H,6,13,18-23H2,1-5H3,(H2,41,48)(H2,42,51)(H,43,49)(H,44,52)(H,45,53)/t25-,28-,29-,30-,33-,34-,35-/m0/s1. The van der Waals surface area contributed by atoms with Gasteiger partial charge < -0.3 is 42.3 Å². The Morgan fingerprint density at radius 1 is 0.873 bits per heavy atom. The first-order valence-corrected chi connectivity index (χ1v) is 18.9. The van der Waals surface area contributed by atoms with Crippen molar-refractivity contribution in [2.75, 3.05) is 13.6 Å². The summed E-state index contributed by atoms with van der Waals surface area (Å²) in [5, 5.41) is 19.6. The first-order valence-electron chi connectivity index (χ1n) is 18.9. The van der Waals surface area contributed by atoms with Gasteiger partial charge in [-0.15, -0.1) is 0 Å². The summed E-state index contributed by atoms with van der Waals surface area (Å²) in [4.78, 5) is 95.0. The number of benzene rings is 2. The number of rotatable bonds is 20. The second-order valence-electron chi connectivity index (χ2n) is 14.6. The lowest BCUT2D eigenvalue weighted by Crippen LogP contribution is -2.61. The van der Waals surface area contributed by atoms with Crippen LogP contribution in [0.25, 0.3) is 0 Å². The molecule has 0 aromatic heterocycles. The Balaban J connectivity index is 1.83. The zero-order valence-electron chi connectivity index (χ0n) is 32.4. The van der Waals surface area contributed by atoms with E-state index in [9.17, 15) is 38.7 Å². The van der Waals surface area contributed by atoms with Crippen LogP contribution >= 0.6 is 0 Å². The van der Waals surface area contributed by atoms with E-state index in [4.69, 9.17) is 11.5 Å². The highest BCUT2D eigenvalue weighted by Crippen LogP contribution is 2.25. The van der Waals surface area contributed by atoms with Crippen LogP contribution in [-0.4, -0.2) is 106 Å². The molecule has 3 rings (SSSR count). The van der Waals surface area contributed by atoms with Crippen LogP contribution in [0.15, 0.2) is 60.7 Å². The fourth-order valence-electron chi connectivity index (χ4n) is 6.82. The summed E-state index contributed by atoms with van der Waals surface area (Å²) in [6.07, 6.45) is -0.739. The molecular weight excluding hydrogens is 706 g/mol. The zero-order chi connectivity index (χ0) is 40.8. The molecule has 0 bridgehead atoms. The number of hydrogen-bond donors (Lipinski definition) is 6. The number of nitrogens with zero attached hydrogens (tertiary/aromatic N) is 2. The summed E-state index contributed by atoms with van der Waals surface area (Å²) in [5.74, 6) is -5.40. The molecule has 1 aliphatic rings. The molecule has 1 heterocycles. The van der Waals surface area contributed by atoms with Crippen LogP contribution < -0.4 is 27.4 Å². The lowest BCUT2D eigenvalue weighted by molar-refractivity contribution is -0.152. The fourth-order valence-corrected chi connectivity index (χ4v) is 6.82. The van der Waals surface area contributed by atoms with Gasteiger partial charge in [-0.2, -0.15) is 0 Å². The SMILES string of the molecule is CC[C@H](C)[C@@H](C(=O)N[C@H](C(N)=O)C(C)C)N(C)C(=O)[C@@H]1CCCN1C(=O)[C@@H](O)[C@H](Cc1ccccc1)NC(=O)[C@H](CC(N)=O)NC(=O)CCc1ccccc1. The maximum atomic E-state index is 14.1. The summed E-state index contributed by atoms with van der Waals surface area (Å²) in [6, 6.07) is 12.5. The Morgan fingerprint density at radius 3 is 2.02 bits per heavy atom. The first kappa shape index (κ1) is 44.1. The first-order chi connectivity index (χ1) is 26.0. The molecule has 0 spiro atoms. The number of carbonyl (C=O) groups is 7. The van der Waals surface area contributed by atoms with E-state index >= 15 is 0 Å². The monoisotopic (exact) mass is 763 g/mol. The molecular formula is C40H57N7O8. The van der Waals surface area contributed by atoms with E-state index in [1.807, 2.05) is 37.3 Å². The molecule has 0 saturated carbocycles. The molecule has 1 fully saturated rings. The number of carbonyl (C=O) groups excluding carboxylic acids is 7. The molecule has 0 radical (unpaired) electrons. The van der Waals surface area contributed by atoms with Crippen molar-refractivity contribution in [3.63, 3.8) is 0 Å². The number of amides is 7. The third-order valence-corrected chi connectivity index (χ3v) is 10.1. The summed E-state index contributed by atoms with van der Waals surface area (Å²) < 4.78 is 0. The number of aryl methyl sites for hydroxylation is 1. The van der Waals surface area contributed by atoms with Gasteiger partial charge in [0.2, 0.25) is 35.4 Å². The molecule has 2 aromatic rings. The second kappa shape index (κ2) is 21.0. The molecule has 55 heavy (non-hydrogen) atoms. The van der Waals surface area contributed by atoms with Crippen LogP contribution in [0.4, 0.5) is 0 Å². The predicted molar refractivity (Wildman–Crippen MR) is 205 cm³/mol. The van der Waals surface area contributed by atoms with E-state index in [2.05, 4.69) is 16.0 Å². The van der Waals surface area contributed by atoms with E-state index in [-0.39, 0.29) is 37.6 Å². The number of aliphatic hydroxyl groups excluding tert-OH is 1. The lowest BCUT2D eigenvalue weighted by atomic mass is 9.94. The Labute approximate surface area is 322 Å². The van der Waals surface area contributed by atoms with Gasteiger partial charge in [-0.3, -0.25) is 33.6 Å². The van der Waals surface area contributed by atoms with Gasteiger partial charge in [0.15, 0.2) is 6.10 Å². The highest BCUT2D eigenvalue weighted by atomic mass is 16.3. The molecule has 15 nitrogen and oxygen atoms in total. The van der Waals surface area contributed by atoms with Crippen LogP contribution in [0.2, 0.25) is 0 Å². The summed E-state index contributed by atoms with van der Waals surface area (Å²) in [6.45, 7) is 7.28. The molecule has 15 heteroatoms. The van der Waals surface area contributed by atoms with E-state index in [1.54, 1.807) is 51.1 Å². The highest BCUT2D eigenvalue weighted by Gasteiger charge is 2.44. The topological polar surface area (TPSA) is 234 Å². The third-order valence-electron chi connectivity index (χ3n) is 10.1. The molecule has 7 atom stereocenters. The average molecular weight is 764 g/mol. The number of nitrogens with one attached hydrogen (secondary N) is 3. The molecule has 1 aliphatic heterocycles. The minimum absolute atomic E-state index is 0.00969. The number of hydrogen-bond acceptors (Lipinski definition) is 8. The molecule has 1 saturated heterocycles. The van der Waals surface area contributed by atoms with Crippen molar-refractivity contribution < 1.29 is 38.7 Å². The summed E-state index contributed by atoms with van der Waals surface area (Å²) >= 11 is 0. The normalized spacial score (nSPS) is 17.2. The number of aliphatic hydroxyl groups is 1. The van der Waals surface area contributed by atoms with Gasteiger partial charge in [0, 0.05) is 20.0 Å². The molecule has 7 amide bonds. The van der Waals surface area contributed by atoms with Crippen molar-refractivity contribution in [1.29, 1.82) is 0 Å². The number of likely N-dealkylation sites (tertiary alicyclic amines) is 1. The maximum Gasteiger partial charge on any atom is 0.254 e. The van der Waals surface area contributed by atoms with Crippen molar-refractivity contribution >= 4 is 41.4 Å². The Morgan fingerprint density at radius 2 is 1.47 bits per heavy atom. The molecule has 300 valence electrons. The number of likely N-dealkylation sites (N-methyl/N-ethyl adjacent to an activating group) is 1. The van der Waals surface area contributed by atoms with Crippen molar-refractivity contribution in [1.82, 2.24) is 25.8 Å². The van der Waals surface area contributed by atoms with Crippen LogP contribution in [0.5, 0.6) is 0 Å². The molecule has 0 unspecified atom stereocenters. The van der Waals surface area contributed by atoms with E-state index in [1.165, 1.54) is 16.8 Å². The van der Waals surface area contributed by atoms with Gasteiger partial charge in [-0.05, 0) is 48.6 Å². The van der Waals surface area contributed by atoms with E-state index in [0.29, 0.717) is 24.8 Å². The third kappa shape index (κ3) is 12.6. The number of primary amides is 2. The van der Waals surface area contributed by atoms with Crippen LogP contribution in [0, 0.1) is 11.8 Å². The van der Waals surface area contributed by atoms with Crippen molar-refractivity contribution in [2.45, 2.75) is 109 Å². The van der Waals surface area contributed by atoms with E-state index < -0.39 is 84.1 Å².